The highest BCUT2D eigenvalue weighted by atomic mass is 16.4. The third kappa shape index (κ3) is 2.84. The number of hydrogen-bond donors (Lipinski definition) is 3. The summed E-state index contributed by atoms with van der Waals surface area (Å²) in [5, 5.41) is 11.9. The average Bonchev–Trinajstić information content (AvgIpc) is 2.93. The van der Waals surface area contributed by atoms with E-state index in [1.54, 1.807) is 19.9 Å². The Morgan fingerprint density at radius 3 is 2.43 bits per heavy atom. The third-order valence-corrected chi connectivity index (χ3v) is 3.41. The second-order valence-corrected chi connectivity index (χ2v) is 5.07. The molecule has 0 spiro atoms. The van der Waals surface area contributed by atoms with Gasteiger partial charge in [-0.15, -0.1) is 0 Å². The fourth-order valence-electron chi connectivity index (χ4n) is 2.33. The van der Waals surface area contributed by atoms with Gasteiger partial charge < -0.3 is 19.8 Å². The zero-order valence-corrected chi connectivity index (χ0v) is 12.4. The Bertz CT molecular complexity index is 697. The van der Waals surface area contributed by atoms with Crippen molar-refractivity contribution in [1.82, 2.24) is 10.3 Å². The maximum Gasteiger partial charge on any atom is 0.352 e. The normalized spacial score (nSPS) is 12.2. The van der Waals surface area contributed by atoms with Crippen LogP contribution in [0.15, 0.2) is 16.5 Å². The summed E-state index contributed by atoms with van der Waals surface area (Å²) in [6, 6.07) is 3.33. The van der Waals surface area contributed by atoms with Crippen LogP contribution in [0.5, 0.6) is 0 Å². The van der Waals surface area contributed by atoms with Crippen molar-refractivity contribution in [2.45, 2.75) is 33.7 Å². The number of hydrogen-bond acceptors (Lipinski definition) is 3. The van der Waals surface area contributed by atoms with Crippen LogP contribution in [0.1, 0.15) is 56.6 Å². The van der Waals surface area contributed by atoms with E-state index in [0.29, 0.717) is 22.6 Å². The van der Waals surface area contributed by atoms with Gasteiger partial charge in [-0.05, 0) is 45.4 Å². The second-order valence-electron chi connectivity index (χ2n) is 5.07. The lowest BCUT2D eigenvalue weighted by atomic mass is 10.1. The molecule has 2 heterocycles. The summed E-state index contributed by atoms with van der Waals surface area (Å²) in [6.45, 7) is 6.93. The Balaban J connectivity index is 2.23. The molecule has 1 amide bonds. The first-order chi connectivity index (χ1) is 9.81. The molecule has 0 aliphatic carbocycles. The van der Waals surface area contributed by atoms with Crippen molar-refractivity contribution in [1.29, 1.82) is 0 Å². The Kier molecular flexibility index (Phi) is 3.88. The summed E-state index contributed by atoms with van der Waals surface area (Å²) in [5.41, 5.74) is 1.37. The molecule has 3 N–H and O–H groups in total. The molecule has 112 valence electrons. The molecule has 2 rings (SSSR count). The summed E-state index contributed by atoms with van der Waals surface area (Å²) >= 11 is 0. The van der Waals surface area contributed by atoms with E-state index in [1.807, 2.05) is 19.9 Å². The van der Waals surface area contributed by atoms with E-state index in [4.69, 9.17) is 9.52 Å². The van der Waals surface area contributed by atoms with Gasteiger partial charge in [0.05, 0.1) is 11.6 Å². The Morgan fingerprint density at radius 2 is 1.95 bits per heavy atom. The lowest BCUT2D eigenvalue weighted by Crippen LogP contribution is -2.27. The molecule has 0 radical (unpaired) electrons. The first kappa shape index (κ1) is 14.9. The number of amides is 1. The first-order valence-electron chi connectivity index (χ1n) is 6.61. The van der Waals surface area contributed by atoms with Crippen LogP contribution in [0.3, 0.4) is 0 Å². The number of aromatic carboxylic acids is 1. The number of nitrogens with one attached hydrogen (secondary N) is 2. The number of aromatic nitrogens is 1. The maximum absolute atomic E-state index is 12.3. The Labute approximate surface area is 122 Å². The largest absolute Gasteiger partial charge is 0.477 e. The minimum Gasteiger partial charge on any atom is -0.477 e. The fraction of sp³-hybridized carbons (Fsp3) is 0.333. The Hall–Kier alpha value is -2.50. The molecule has 2 aromatic rings. The molecule has 6 nitrogen and oxygen atoms in total. The highest BCUT2D eigenvalue weighted by molar-refractivity contribution is 6.00. The van der Waals surface area contributed by atoms with E-state index in [1.165, 1.54) is 0 Å². The zero-order valence-electron chi connectivity index (χ0n) is 12.4. The predicted octanol–water partition coefficient (Wildman–Crippen LogP) is 2.72. The van der Waals surface area contributed by atoms with Crippen LogP contribution in [0.2, 0.25) is 0 Å². The van der Waals surface area contributed by atoms with Crippen molar-refractivity contribution in [2.24, 2.45) is 0 Å². The molecule has 21 heavy (non-hydrogen) atoms. The van der Waals surface area contributed by atoms with Gasteiger partial charge in [0.2, 0.25) is 0 Å². The number of aromatic amines is 1. The number of aryl methyl sites for hydroxylation is 2. The number of carbonyl (C=O) groups excluding carboxylic acids is 1. The molecular formula is C15H18N2O4. The van der Waals surface area contributed by atoms with Crippen LogP contribution in [-0.4, -0.2) is 22.0 Å². The number of carbonyl (C=O) groups is 2. The van der Waals surface area contributed by atoms with Gasteiger partial charge in [-0.3, -0.25) is 4.79 Å². The van der Waals surface area contributed by atoms with E-state index < -0.39 is 5.97 Å². The average molecular weight is 290 g/mol. The molecule has 0 saturated carbocycles. The monoisotopic (exact) mass is 290 g/mol. The van der Waals surface area contributed by atoms with E-state index in [9.17, 15) is 9.59 Å². The molecule has 1 unspecified atom stereocenters. The molecule has 2 aromatic heterocycles. The van der Waals surface area contributed by atoms with Crippen molar-refractivity contribution < 1.29 is 19.1 Å². The third-order valence-electron chi connectivity index (χ3n) is 3.41. The van der Waals surface area contributed by atoms with Gasteiger partial charge in [0, 0.05) is 5.69 Å². The van der Waals surface area contributed by atoms with E-state index in [2.05, 4.69) is 10.3 Å². The minimum absolute atomic E-state index is 0.0409. The van der Waals surface area contributed by atoms with Crippen molar-refractivity contribution in [3.05, 3.63) is 46.2 Å². The van der Waals surface area contributed by atoms with E-state index in [-0.39, 0.29) is 17.6 Å². The highest BCUT2D eigenvalue weighted by Crippen LogP contribution is 2.20. The quantitative estimate of drug-likeness (QED) is 0.806. The molecule has 0 saturated heterocycles. The molecule has 0 bridgehead atoms. The highest BCUT2D eigenvalue weighted by Gasteiger charge is 2.23. The molecule has 0 aliphatic heterocycles. The lowest BCUT2D eigenvalue weighted by Gasteiger charge is -2.12. The van der Waals surface area contributed by atoms with Gasteiger partial charge in [-0.25, -0.2) is 4.79 Å². The number of furan rings is 1. The van der Waals surface area contributed by atoms with Crippen LogP contribution in [0.25, 0.3) is 0 Å². The molecule has 6 heteroatoms. The van der Waals surface area contributed by atoms with Crippen molar-refractivity contribution in [3.8, 4) is 0 Å². The fourth-order valence-corrected chi connectivity index (χ4v) is 2.33. The van der Waals surface area contributed by atoms with Gasteiger partial charge in [0.25, 0.3) is 5.91 Å². The number of rotatable bonds is 4. The second kappa shape index (κ2) is 5.47. The SMILES string of the molecule is Cc1ccc(C(C)NC(=O)c2c(C)[nH]c(C(=O)O)c2C)o1. The van der Waals surface area contributed by atoms with Gasteiger partial charge in [-0.1, -0.05) is 0 Å². The van der Waals surface area contributed by atoms with Crippen molar-refractivity contribution >= 4 is 11.9 Å². The number of carboxylic acids is 1. The molecule has 1 atom stereocenters. The standard InChI is InChI=1S/C15H18N2O4/c1-7-5-6-11(21-7)9(3)17-14(18)12-8(2)13(15(19)20)16-10(12)4/h5-6,9,16H,1-4H3,(H,17,18)(H,19,20). The smallest absolute Gasteiger partial charge is 0.352 e. The summed E-state index contributed by atoms with van der Waals surface area (Å²) in [7, 11) is 0. The molecule has 0 aliphatic rings. The summed E-state index contributed by atoms with van der Waals surface area (Å²) in [6.07, 6.45) is 0. The maximum atomic E-state index is 12.3. The minimum atomic E-state index is -1.08. The molecule has 0 fully saturated rings. The van der Waals surface area contributed by atoms with Crippen LogP contribution in [0, 0.1) is 20.8 Å². The topological polar surface area (TPSA) is 95.3 Å². The van der Waals surface area contributed by atoms with Crippen molar-refractivity contribution in [3.63, 3.8) is 0 Å². The predicted molar refractivity (Wildman–Crippen MR) is 76.6 cm³/mol. The van der Waals surface area contributed by atoms with Gasteiger partial charge in [0.15, 0.2) is 0 Å². The lowest BCUT2D eigenvalue weighted by molar-refractivity contribution is 0.0690. The number of H-pyrrole nitrogens is 1. The van der Waals surface area contributed by atoms with Gasteiger partial charge >= 0.3 is 5.97 Å². The molecular weight excluding hydrogens is 272 g/mol. The molecule has 0 aromatic carbocycles. The van der Waals surface area contributed by atoms with Crippen LogP contribution < -0.4 is 5.32 Å². The van der Waals surface area contributed by atoms with E-state index >= 15 is 0 Å². The Morgan fingerprint density at radius 1 is 1.29 bits per heavy atom. The van der Waals surface area contributed by atoms with Gasteiger partial charge in [0.1, 0.15) is 17.2 Å². The van der Waals surface area contributed by atoms with E-state index in [0.717, 1.165) is 5.76 Å². The summed E-state index contributed by atoms with van der Waals surface area (Å²) in [4.78, 5) is 26.2. The first-order valence-corrected chi connectivity index (χ1v) is 6.61. The summed E-state index contributed by atoms with van der Waals surface area (Å²) in [5.74, 6) is 0.0260. The van der Waals surface area contributed by atoms with Crippen LogP contribution in [0.4, 0.5) is 0 Å². The zero-order chi connectivity index (χ0) is 15.7. The van der Waals surface area contributed by atoms with Crippen LogP contribution >= 0.6 is 0 Å². The van der Waals surface area contributed by atoms with Crippen LogP contribution in [-0.2, 0) is 0 Å². The van der Waals surface area contributed by atoms with Crippen molar-refractivity contribution in [2.75, 3.05) is 0 Å². The van der Waals surface area contributed by atoms with Gasteiger partial charge in [-0.2, -0.15) is 0 Å². The number of carboxylic acid groups (broad SMARTS) is 1. The summed E-state index contributed by atoms with van der Waals surface area (Å²) < 4.78 is 5.47.